The Morgan fingerprint density at radius 1 is 1.37 bits per heavy atom. The Kier molecular flexibility index (Phi) is 5.48. The third kappa shape index (κ3) is 4.05. The summed E-state index contributed by atoms with van der Waals surface area (Å²) in [5, 5.41) is 0. The van der Waals surface area contributed by atoms with Crippen molar-refractivity contribution in [1.29, 1.82) is 0 Å². The molecule has 0 aliphatic heterocycles. The number of benzene rings is 1. The molecule has 0 atom stereocenters. The second-order valence-electron chi connectivity index (χ2n) is 4.17. The van der Waals surface area contributed by atoms with E-state index in [1.165, 1.54) is 30.2 Å². The van der Waals surface area contributed by atoms with Crippen LogP contribution in [0.25, 0.3) is 0 Å². The monoisotopic (exact) mass is 267 g/mol. The molecule has 0 aromatic heterocycles. The van der Waals surface area contributed by atoms with Crippen LogP contribution in [-0.2, 0) is 9.53 Å². The highest BCUT2D eigenvalue weighted by Crippen LogP contribution is 2.12. The third-order valence-electron chi connectivity index (χ3n) is 2.89. The molecule has 0 heterocycles. The van der Waals surface area contributed by atoms with Crippen LogP contribution in [-0.4, -0.2) is 37.0 Å². The summed E-state index contributed by atoms with van der Waals surface area (Å²) >= 11 is 0. The molecule has 1 rings (SSSR count). The molecule has 1 aromatic rings. The molecule has 0 bridgehead atoms. The van der Waals surface area contributed by atoms with E-state index >= 15 is 0 Å². The van der Waals surface area contributed by atoms with E-state index in [0.29, 0.717) is 24.2 Å². The minimum absolute atomic E-state index is 0.149. The molecular formula is C14H18FNO3. The molecule has 0 N–H and O–H groups in total. The number of esters is 1. The molecule has 0 spiro atoms. The topological polar surface area (TPSA) is 46.6 Å². The van der Waals surface area contributed by atoms with Gasteiger partial charge in [0.25, 0.3) is 5.91 Å². The number of hydrogen-bond donors (Lipinski definition) is 0. The minimum atomic E-state index is -0.360. The molecule has 0 aliphatic carbocycles. The molecule has 0 unspecified atom stereocenters. The lowest BCUT2D eigenvalue weighted by Crippen LogP contribution is -2.33. The number of methoxy groups -OCH3 is 1. The van der Waals surface area contributed by atoms with E-state index < -0.39 is 0 Å². The van der Waals surface area contributed by atoms with E-state index in [1.54, 1.807) is 6.92 Å². The first kappa shape index (κ1) is 15.1. The molecule has 1 amide bonds. The van der Waals surface area contributed by atoms with Gasteiger partial charge in [-0.25, -0.2) is 4.39 Å². The minimum Gasteiger partial charge on any atom is -0.469 e. The van der Waals surface area contributed by atoms with Crippen LogP contribution in [0, 0.1) is 12.7 Å². The smallest absolute Gasteiger partial charge is 0.307 e. The van der Waals surface area contributed by atoms with Gasteiger partial charge >= 0.3 is 5.97 Å². The summed E-state index contributed by atoms with van der Waals surface area (Å²) in [6.45, 7) is 4.20. The summed E-state index contributed by atoms with van der Waals surface area (Å²) in [6, 6.07) is 4.24. The fraction of sp³-hybridized carbons (Fsp3) is 0.429. The molecule has 0 radical (unpaired) electrons. The standard InChI is InChI=1S/C14H18FNO3/c1-4-16(8-7-13(17)19-3)14(18)11-5-6-12(15)10(2)9-11/h5-6,9H,4,7-8H2,1-3H3. The first-order valence-corrected chi connectivity index (χ1v) is 6.11. The maximum atomic E-state index is 13.2. The molecule has 0 saturated carbocycles. The second-order valence-corrected chi connectivity index (χ2v) is 4.17. The van der Waals surface area contributed by atoms with Gasteiger partial charge in [0, 0.05) is 18.7 Å². The highest BCUT2D eigenvalue weighted by molar-refractivity contribution is 5.94. The predicted octanol–water partition coefficient (Wildman–Crippen LogP) is 2.16. The van der Waals surface area contributed by atoms with Crippen molar-refractivity contribution in [3.05, 3.63) is 35.1 Å². The molecule has 19 heavy (non-hydrogen) atoms. The van der Waals surface area contributed by atoms with Crippen LogP contribution < -0.4 is 0 Å². The Labute approximate surface area is 112 Å². The lowest BCUT2D eigenvalue weighted by molar-refractivity contribution is -0.140. The van der Waals surface area contributed by atoms with E-state index in [-0.39, 0.29) is 24.1 Å². The van der Waals surface area contributed by atoms with E-state index in [2.05, 4.69) is 4.74 Å². The van der Waals surface area contributed by atoms with E-state index in [4.69, 9.17) is 0 Å². The average Bonchev–Trinajstić information content (AvgIpc) is 2.41. The summed E-state index contributed by atoms with van der Waals surface area (Å²) < 4.78 is 17.7. The zero-order chi connectivity index (χ0) is 14.4. The van der Waals surface area contributed by atoms with Crippen LogP contribution in [0.2, 0.25) is 0 Å². The summed E-state index contributed by atoms with van der Waals surface area (Å²) in [6.07, 6.45) is 0.149. The highest BCUT2D eigenvalue weighted by Gasteiger charge is 2.16. The van der Waals surface area contributed by atoms with Crippen LogP contribution in [0.3, 0.4) is 0 Å². The lowest BCUT2D eigenvalue weighted by Gasteiger charge is -2.20. The van der Waals surface area contributed by atoms with Gasteiger partial charge in [-0.15, -0.1) is 0 Å². The molecule has 0 fully saturated rings. The average molecular weight is 267 g/mol. The molecular weight excluding hydrogens is 249 g/mol. The van der Waals surface area contributed by atoms with E-state index in [0.717, 1.165) is 0 Å². The van der Waals surface area contributed by atoms with Crippen molar-refractivity contribution < 1.29 is 18.7 Å². The van der Waals surface area contributed by atoms with Gasteiger partial charge in [-0.3, -0.25) is 9.59 Å². The Morgan fingerprint density at radius 2 is 2.05 bits per heavy atom. The third-order valence-corrected chi connectivity index (χ3v) is 2.89. The molecule has 0 saturated heterocycles. The summed E-state index contributed by atoms with van der Waals surface area (Å²) in [4.78, 5) is 24.8. The summed E-state index contributed by atoms with van der Waals surface area (Å²) in [5.41, 5.74) is 0.848. The maximum Gasteiger partial charge on any atom is 0.307 e. The van der Waals surface area contributed by atoms with Crippen LogP contribution in [0.4, 0.5) is 4.39 Å². The van der Waals surface area contributed by atoms with Gasteiger partial charge in [-0.1, -0.05) is 0 Å². The largest absolute Gasteiger partial charge is 0.469 e. The van der Waals surface area contributed by atoms with Crippen molar-refractivity contribution >= 4 is 11.9 Å². The van der Waals surface area contributed by atoms with Crippen molar-refractivity contribution in [3.63, 3.8) is 0 Å². The van der Waals surface area contributed by atoms with Gasteiger partial charge in [-0.05, 0) is 37.6 Å². The number of halogens is 1. The Morgan fingerprint density at radius 3 is 2.58 bits per heavy atom. The molecule has 5 heteroatoms. The lowest BCUT2D eigenvalue weighted by atomic mass is 10.1. The second kappa shape index (κ2) is 6.87. The number of rotatable bonds is 5. The number of amides is 1. The van der Waals surface area contributed by atoms with Gasteiger partial charge < -0.3 is 9.64 Å². The molecule has 104 valence electrons. The van der Waals surface area contributed by atoms with Gasteiger partial charge in [0.05, 0.1) is 13.5 Å². The Balaban J connectivity index is 2.77. The number of aryl methyl sites for hydroxylation is 1. The number of carbonyl (C=O) groups is 2. The Bertz CT molecular complexity index is 474. The fourth-order valence-electron chi connectivity index (χ4n) is 1.69. The zero-order valence-electron chi connectivity index (χ0n) is 11.4. The first-order valence-electron chi connectivity index (χ1n) is 6.11. The molecule has 1 aromatic carbocycles. The van der Waals surface area contributed by atoms with Crippen molar-refractivity contribution in [2.24, 2.45) is 0 Å². The maximum absolute atomic E-state index is 13.2. The number of nitrogens with zero attached hydrogens (tertiary/aromatic N) is 1. The van der Waals surface area contributed by atoms with Crippen molar-refractivity contribution in [1.82, 2.24) is 4.90 Å². The van der Waals surface area contributed by atoms with Crippen LogP contribution in [0.5, 0.6) is 0 Å². The number of hydrogen-bond acceptors (Lipinski definition) is 3. The number of carbonyl (C=O) groups excluding carboxylic acids is 2. The van der Waals surface area contributed by atoms with Crippen LogP contribution in [0.15, 0.2) is 18.2 Å². The summed E-state index contributed by atoms with van der Waals surface area (Å²) in [5.74, 6) is -0.912. The highest BCUT2D eigenvalue weighted by atomic mass is 19.1. The van der Waals surface area contributed by atoms with Crippen molar-refractivity contribution in [2.45, 2.75) is 20.3 Å². The van der Waals surface area contributed by atoms with Crippen LogP contribution >= 0.6 is 0 Å². The molecule has 0 aliphatic rings. The van der Waals surface area contributed by atoms with E-state index in [1.807, 2.05) is 6.92 Å². The summed E-state index contributed by atoms with van der Waals surface area (Å²) in [7, 11) is 1.31. The van der Waals surface area contributed by atoms with Gasteiger partial charge in [0.2, 0.25) is 0 Å². The van der Waals surface area contributed by atoms with E-state index in [9.17, 15) is 14.0 Å². The van der Waals surface area contributed by atoms with Crippen molar-refractivity contribution in [3.8, 4) is 0 Å². The van der Waals surface area contributed by atoms with Gasteiger partial charge in [-0.2, -0.15) is 0 Å². The van der Waals surface area contributed by atoms with Crippen molar-refractivity contribution in [2.75, 3.05) is 20.2 Å². The molecule has 4 nitrogen and oxygen atoms in total. The fourth-order valence-corrected chi connectivity index (χ4v) is 1.69. The Hall–Kier alpha value is -1.91. The predicted molar refractivity (Wildman–Crippen MR) is 69.3 cm³/mol. The quantitative estimate of drug-likeness (QED) is 0.768. The zero-order valence-corrected chi connectivity index (χ0v) is 11.4. The number of ether oxygens (including phenoxy) is 1. The first-order chi connectivity index (χ1) is 8.99. The normalized spacial score (nSPS) is 10.1. The van der Waals surface area contributed by atoms with Gasteiger partial charge in [0.15, 0.2) is 0 Å². The van der Waals surface area contributed by atoms with Gasteiger partial charge in [0.1, 0.15) is 5.82 Å². The van der Waals surface area contributed by atoms with Crippen LogP contribution in [0.1, 0.15) is 29.3 Å². The SMILES string of the molecule is CCN(CCC(=O)OC)C(=O)c1ccc(F)c(C)c1.